The molecular weight excluding hydrogens is 454 g/mol. The van der Waals surface area contributed by atoms with Crippen LogP contribution in [-0.2, 0) is 0 Å². The van der Waals surface area contributed by atoms with E-state index in [9.17, 15) is 9.90 Å². The number of anilines is 3. The van der Waals surface area contributed by atoms with Crippen molar-refractivity contribution in [2.75, 3.05) is 30.0 Å². The van der Waals surface area contributed by atoms with Crippen molar-refractivity contribution in [1.82, 2.24) is 4.72 Å². The number of rotatable bonds is 9. The molecule has 172 valence electrons. The van der Waals surface area contributed by atoms with Crippen LogP contribution in [-0.4, -0.2) is 37.3 Å². The van der Waals surface area contributed by atoms with Crippen LogP contribution in [0.1, 0.15) is 29.6 Å². The minimum atomic E-state index is -0.129. The molecule has 0 fully saturated rings. The second-order valence-corrected chi connectivity index (χ2v) is 9.42. The second kappa shape index (κ2) is 11.1. The number of hydrogen-bond acceptors (Lipinski definition) is 5. The lowest BCUT2D eigenvalue weighted by molar-refractivity contribution is 0.0994. The number of carbonyl (C=O) groups excluding carboxylic acids is 1. The van der Waals surface area contributed by atoms with Gasteiger partial charge in [-0.15, -0.1) is 0 Å². The largest absolute Gasteiger partial charge is 0.394 e. The number of para-hydroxylation sites is 3. The van der Waals surface area contributed by atoms with Gasteiger partial charge in [-0.05, 0) is 73.3 Å². The third-order valence-electron chi connectivity index (χ3n) is 5.85. The fourth-order valence-electron chi connectivity index (χ4n) is 4.15. The number of amides is 1. The number of halogens is 1. The van der Waals surface area contributed by atoms with Crippen molar-refractivity contribution in [1.29, 1.82) is 0 Å². The number of aliphatic hydroxyl groups excluding tert-OH is 1. The monoisotopic (exact) mass is 481 g/mol. The first kappa shape index (κ1) is 23.6. The minimum absolute atomic E-state index is 0.00747. The number of carbonyl (C=O) groups is 1. The SMILES string of the molecule is CN1C(=O)c2ccccc2N(C(CO)CCCCNSc2ccc(Cl)cc2)c2ccccc21. The van der Waals surface area contributed by atoms with E-state index in [0.29, 0.717) is 5.56 Å². The zero-order valence-corrected chi connectivity index (χ0v) is 20.1. The van der Waals surface area contributed by atoms with Gasteiger partial charge in [-0.2, -0.15) is 0 Å². The molecule has 1 aliphatic heterocycles. The predicted octanol–water partition coefficient (Wildman–Crippen LogP) is 5.90. The summed E-state index contributed by atoms with van der Waals surface area (Å²) in [6.07, 6.45) is 2.74. The third kappa shape index (κ3) is 5.36. The second-order valence-electron chi connectivity index (χ2n) is 8.02. The molecule has 7 heteroatoms. The van der Waals surface area contributed by atoms with Crippen LogP contribution in [0.3, 0.4) is 0 Å². The summed E-state index contributed by atoms with van der Waals surface area (Å²) in [5, 5.41) is 11.1. The van der Waals surface area contributed by atoms with Crippen molar-refractivity contribution < 1.29 is 9.90 Å². The predicted molar refractivity (Wildman–Crippen MR) is 138 cm³/mol. The first-order valence-electron chi connectivity index (χ1n) is 11.1. The van der Waals surface area contributed by atoms with E-state index < -0.39 is 0 Å². The first-order valence-corrected chi connectivity index (χ1v) is 12.3. The molecule has 0 bridgehead atoms. The van der Waals surface area contributed by atoms with Gasteiger partial charge in [0.15, 0.2) is 0 Å². The van der Waals surface area contributed by atoms with Crippen LogP contribution in [0.4, 0.5) is 17.1 Å². The molecule has 1 heterocycles. The molecule has 3 aromatic carbocycles. The molecule has 0 saturated heterocycles. The highest BCUT2D eigenvalue weighted by molar-refractivity contribution is 7.97. The van der Waals surface area contributed by atoms with Gasteiger partial charge < -0.3 is 14.9 Å². The van der Waals surface area contributed by atoms with Crippen molar-refractivity contribution in [3.63, 3.8) is 0 Å². The molecule has 0 spiro atoms. The summed E-state index contributed by atoms with van der Waals surface area (Å²) in [5.74, 6) is -0.0411. The van der Waals surface area contributed by atoms with E-state index in [2.05, 4.69) is 9.62 Å². The molecule has 4 rings (SSSR count). The Balaban J connectivity index is 1.45. The summed E-state index contributed by atoms with van der Waals surface area (Å²) < 4.78 is 3.39. The molecule has 3 aromatic rings. The smallest absolute Gasteiger partial charge is 0.260 e. The number of nitrogens with one attached hydrogen (secondary N) is 1. The Hall–Kier alpha value is -2.51. The number of nitrogens with zero attached hydrogens (tertiary/aromatic N) is 2. The zero-order chi connectivity index (χ0) is 23.2. The topological polar surface area (TPSA) is 55.8 Å². The normalized spacial score (nSPS) is 14.0. The summed E-state index contributed by atoms with van der Waals surface area (Å²) in [5.41, 5.74) is 3.28. The van der Waals surface area contributed by atoms with Gasteiger partial charge in [0.1, 0.15) is 0 Å². The maximum absolute atomic E-state index is 13.1. The van der Waals surface area contributed by atoms with E-state index in [1.165, 1.54) is 0 Å². The fourth-order valence-corrected chi connectivity index (χ4v) is 4.96. The van der Waals surface area contributed by atoms with Crippen molar-refractivity contribution in [3.05, 3.63) is 83.4 Å². The van der Waals surface area contributed by atoms with Crippen molar-refractivity contribution in [2.24, 2.45) is 0 Å². The maximum atomic E-state index is 13.1. The van der Waals surface area contributed by atoms with Gasteiger partial charge in [-0.3, -0.25) is 9.52 Å². The summed E-state index contributed by atoms with van der Waals surface area (Å²) in [6.45, 7) is 0.868. The quantitative estimate of drug-likeness (QED) is 0.294. The van der Waals surface area contributed by atoms with Gasteiger partial charge in [-0.25, -0.2) is 0 Å². The Bertz CT molecular complexity index is 1090. The summed E-state index contributed by atoms with van der Waals surface area (Å²) >= 11 is 7.53. The van der Waals surface area contributed by atoms with E-state index >= 15 is 0 Å². The molecule has 1 aliphatic rings. The van der Waals surface area contributed by atoms with E-state index in [1.54, 1.807) is 23.9 Å². The molecule has 1 unspecified atom stereocenters. The van der Waals surface area contributed by atoms with Gasteiger partial charge in [-0.1, -0.05) is 42.3 Å². The molecule has 1 amide bonds. The van der Waals surface area contributed by atoms with Gasteiger partial charge in [0.05, 0.1) is 35.3 Å². The molecule has 1 atom stereocenters. The standard InChI is InChI=1S/C26H28ClN3O2S/c1-29-24-11-4-5-12-25(24)30(23-10-3-2-9-22(23)26(29)32)20(18-31)8-6-7-17-28-33-21-15-13-19(27)14-16-21/h2-5,9-16,20,28,31H,6-8,17-18H2,1H3. The van der Waals surface area contributed by atoms with Crippen molar-refractivity contribution >= 4 is 46.5 Å². The molecule has 5 nitrogen and oxygen atoms in total. The van der Waals surface area contributed by atoms with Gasteiger partial charge in [0.25, 0.3) is 5.91 Å². The van der Waals surface area contributed by atoms with Crippen LogP contribution in [0.2, 0.25) is 5.02 Å². The Morgan fingerprint density at radius 1 is 0.939 bits per heavy atom. The highest BCUT2D eigenvalue weighted by Crippen LogP contribution is 2.41. The van der Waals surface area contributed by atoms with Crippen LogP contribution in [0.25, 0.3) is 0 Å². The number of fused-ring (bicyclic) bond motifs is 2. The fraction of sp³-hybridized carbons (Fsp3) is 0.269. The summed E-state index contributed by atoms with van der Waals surface area (Å²) in [7, 11) is 1.80. The molecule has 2 N–H and O–H groups in total. The lowest BCUT2D eigenvalue weighted by atomic mass is 10.0. The Labute approximate surface area is 204 Å². The van der Waals surface area contributed by atoms with E-state index in [0.717, 1.165) is 52.8 Å². The number of aliphatic hydroxyl groups is 1. The molecule has 0 saturated carbocycles. The zero-order valence-electron chi connectivity index (χ0n) is 18.6. The van der Waals surface area contributed by atoms with E-state index in [4.69, 9.17) is 11.6 Å². The Morgan fingerprint density at radius 2 is 1.61 bits per heavy atom. The van der Waals surface area contributed by atoms with Gasteiger partial charge >= 0.3 is 0 Å². The summed E-state index contributed by atoms with van der Waals surface area (Å²) in [4.78, 5) is 18.1. The Kier molecular flexibility index (Phi) is 7.93. The highest BCUT2D eigenvalue weighted by atomic mass is 35.5. The van der Waals surface area contributed by atoms with E-state index in [1.807, 2.05) is 72.8 Å². The van der Waals surface area contributed by atoms with Crippen LogP contribution in [0.15, 0.2) is 77.7 Å². The number of unbranched alkanes of at least 4 members (excludes halogenated alkanes) is 1. The van der Waals surface area contributed by atoms with E-state index in [-0.39, 0.29) is 18.6 Å². The molecule has 0 aromatic heterocycles. The minimum Gasteiger partial charge on any atom is -0.394 e. The van der Waals surface area contributed by atoms with Crippen LogP contribution < -0.4 is 14.5 Å². The number of hydrogen-bond donors (Lipinski definition) is 2. The average molecular weight is 482 g/mol. The maximum Gasteiger partial charge on any atom is 0.260 e. The van der Waals surface area contributed by atoms with Crippen LogP contribution in [0, 0.1) is 0 Å². The van der Waals surface area contributed by atoms with Gasteiger partial charge in [0.2, 0.25) is 0 Å². The van der Waals surface area contributed by atoms with Crippen molar-refractivity contribution in [2.45, 2.75) is 30.2 Å². The highest BCUT2D eigenvalue weighted by Gasteiger charge is 2.32. The Morgan fingerprint density at radius 3 is 2.33 bits per heavy atom. The number of benzene rings is 3. The van der Waals surface area contributed by atoms with Crippen LogP contribution >= 0.6 is 23.5 Å². The van der Waals surface area contributed by atoms with Crippen molar-refractivity contribution in [3.8, 4) is 0 Å². The van der Waals surface area contributed by atoms with Gasteiger partial charge in [0, 0.05) is 23.5 Å². The summed E-state index contributed by atoms with van der Waals surface area (Å²) in [6, 6.07) is 23.2. The lowest BCUT2D eigenvalue weighted by Crippen LogP contribution is -2.34. The van der Waals surface area contributed by atoms with Crippen LogP contribution in [0.5, 0.6) is 0 Å². The average Bonchev–Trinajstić information content (AvgIpc) is 2.94. The molecule has 33 heavy (non-hydrogen) atoms. The lowest BCUT2D eigenvalue weighted by Gasteiger charge is -2.33. The molecular formula is C26H28ClN3O2S. The third-order valence-corrected chi connectivity index (χ3v) is 6.96. The molecule has 0 aliphatic carbocycles. The first-order chi connectivity index (χ1) is 16.1. The molecule has 0 radical (unpaired) electrons.